The van der Waals surface area contributed by atoms with Crippen molar-refractivity contribution in [3.63, 3.8) is 0 Å². The van der Waals surface area contributed by atoms with E-state index in [1.54, 1.807) is 12.2 Å². The Morgan fingerprint density at radius 3 is 1.14 bits per heavy atom. The minimum atomic E-state index is 0.499. The fourth-order valence-corrected chi connectivity index (χ4v) is 13.0. The molecular weight excluding hydrogens is 1060 g/mol. The summed E-state index contributed by atoms with van der Waals surface area (Å²) < 4.78 is 7.37. The maximum Gasteiger partial charge on any atom is 0.164 e. The van der Waals surface area contributed by atoms with Gasteiger partial charge >= 0.3 is 0 Å². The molecule has 4 aromatic heterocycles. The molecular formula is C81H54N6. The summed E-state index contributed by atoms with van der Waals surface area (Å²) >= 11 is 0. The first-order chi connectivity index (χ1) is 43.1. The lowest BCUT2D eigenvalue weighted by Crippen LogP contribution is -2.05. The number of fused-ring (bicyclic) bond motifs is 9. The van der Waals surface area contributed by atoms with Gasteiger partial charge < -0.3 is 13.7 Å². The maximum absolute atomic E-state index is 5.37. The molecule has 0 fully saturated rings. The monoisotopic (exact) mass is 1110 g/mol. The fraction of sp³-hybridized carbons (Fsp3) is 0. The summed E-state index contributed by atoms with van der Waals surface area (Å²) in [5, 5.41) is 7.10. The Kier molecular flexibility index (Phi) is 12.4. The lowest BCUT2D eigenvalue weighted by Gasteiger charge is -2.22. The molecule has 0 radical (unpaired) electrons. The summed E-state index contributed by atoms with van der Waals surface area (Å²) in [4.78, 5) is 15.8. The van der Waals surface area contributed by atoms with Gasteiger partial charge in [-0.2, -0.15) is 0 Å². The van der Waals surface area contributed by atoms with E-state index in [-0.39, 0.29) is 0 Å². The Labute approximate surface area is 503 Å². The molecule has 408 valence electrons. The first-order valence-corrected chi connectivity index (χ1v) is 29.4. The Balaban J connectivity index is 1.04. The van der Waals surface area contributed by atoms with Gasteiger partial charge in [0, 0.05) is 71.5 Å². The molecule has 0 amide bonds. The molecule has 12 aromatic carbocycles. The van der Waals surface area contributed by atoms with E-state index < -0.39 is 0 Å². The third-order valence-corrected chi connectivity index (χ3v) is 17.1. The van der Waals surface area contributed by atoms with Crippen LogP contribution in [0, 0.1) is 0 Å². The van der Waals surface area contributed by atoms with Crippen LogP contribution in [0.1, 0.15) is 5.82 Å². The standard InChI is InChI=1S/C81H54N6/c1-3-22-53(4-2)79-82-80(60-27-12-7-13-28-60)84-81(83-79)61-49-69(58-41-37-56(38-42-58)54-23-8-5-9-24-54)78(70(50-61)59-43-39-57(40-44-59)55-25-10-6-11-26-55)87-76-48-46-62(85-72-33-18-14-29-64(72)65-30-15-19-34-73(65)85)51-71(76)68-47-45-63(52-77(68)87)86-74-35-20-16-31-66(74)67-32-17-21-36-75(67)86/h3-52H,1-2H2/b53-22+. The van der Waals surface area contributed by atoms with Crippen molar-refractivity contribution in [2.75, 3.05) is 0 Å². The van der Waals surface area contributed by atoms with Gasteiger partial charge in [0.25, 0.3) is 0 Å². The Bertz CT molecular complexity index is 5190. The predicted octanol–water partition coefficient (Wildman–Crippen LogP) is 20.9. The molecule has 0 aliphatic carbocycles. The first kappa shape index (κ1) is 51.0. The van der Waals surface area contributed by atoms with Gasteiger partial charge in [-0.3, -0.25) is 0 Å². The molecule has 0 N–H and O–H groups in total. The third-order valence-electron chi connectivity index (χ3n) is 17.1. The van der Waals surface area contributed by atoms with Gasteiger partial charge in [-0.05, 0) is 100 Å². The van der Waals surface area contributed by atoms with Crippen LogP contribution in [0.3, 0.4) is 0 Å². The van der Waals surface area contributed by atoms with Crippen molar-refractivity contribution in [1.29, 1.82) is 0 Å². The summed E-state index contributed by atoms with van der Waals surface area (Å²) in [7, 11) is 0. The largest absolute Gasteiger partial charge is 0.309 e. The molecule has 0 saturated carbocycles. The highest BCUT2D eigenvalue weighted by atomic mass is 15.0. The van der Waals surface area contributed by atoms with E-state index in [1.807, 2.05) is 36.4 Å². The number of aromatic nitrogens is 6. The second kappa shape index (κ2) is 21.2. The highest BCUT2D eigenvalue weighted by Crippen LogP contribution is 2.46. The van der Waals surface area contributed by atoms with Crippen LogP contribution in [0.2, 0.25) is 0 Å². The lowest BCUT2D eigenvalue weighted by atomic mass is 9.91. The predicted molar refractivity (Wildman–Crippen MR) is 364 cm³/mol. The molecule has 16 rings (SSSR count). The molecule has 16 aromatic rings. The van der Waals surface area contributed by atoms with Crippen LogP contribution in [0.5, 0.6) is 0 Å². The van der Waals surface area contributed by atoms with Crippen molar-refractivity contribution in [3.8, 4) is 84.3 Å². The van der Waals surface area contributed by atoms with Crippen LogP contribution in [0.4, 0.5) is 0 Å². The van der Waals surface area contributed by atoms with Crippen LogP contribution >= 0.6 is 0 Å². The van der Waals surface area contributed by atoms with Crippen molar-refractivity contribution in [2.45, 2.75) is 0 Å². The number of nitrogens with zero attached hydrogens (tertiary/aromatic N) is 6. The molecule has 0 aliphatic rings. The summed E-state index contributed by atoms with van der Waals surface area (Å²) in [5.74, 6) is 1.58. The number of para-hydroxylation sites is 4. The third kappa shape index (κ3) is 8.69. The molecule has 0 aliphatic heterocycles. The van der Waals surface area contributed by atoms with E-state index in [0.29, 0.717) is 17.5 Å². The van der Waals surface area contributed by atoms with Crippen LogP contribution in [0.15, 0.2) is 317 Å². The zero-order chi connectivity index (χ0) is 58.0. The van der Waals surface area contributed by atoms with Crippen LogP contribution in [-0.2, 0) is 0 Å². The van der Waals surface area contributed by atoms with Gasteiger partial charge in [-0.1, -0.05) is 250 Å². The molecule has 0 spiro atoms. The second-order valence-corrected chi connectivity index (χ2v) is 22.0. The molecule has 0 saturated heterocycles. The van der Waals surface area contributed by atoms with E-state index in [0.717, 1.165) is 122 Å². The summed E-state index contributed by atoms with van der Waals surface area (Å²) in [5.41, 5.74) is 20.9. The highest BCUT2D eigenvalue weighted by molar-refractivity contribution is 6.15. The molecule has 0 bridgehead atoms. The molecule has 6 nitrogen and oxygen atoms in total. The van der Waals surface area contributed by atoms with Gasteiger partial charge in [0.05, 0.1) is 38.8 Å². The quantitative estimate of drug-likeness (QED) is 0.115. The topological polar surface area (TPSA) is 53.5 Å². The van der Waals surface area contributed by atoms with Crippen LogP contribution < -0.4 is 0 Å². The van der Waals surface area contributed by atoms with Gasteiger partial charge in [0.1, 0.15) is 0 Å². The normalized spacial score (nSPS) is 11.8. The number of allylic oxidation sites excluding steroid dienone is 4. The summed E-state index contributed by atoms with van der Waals surface area (Å²) in [6.45, 7) is 8.23. The summed E-state index contributed by atoms with van der Waals surface area (Å²) in [6.07, 6.45) is 5.42. The fourth-order valence-electron chi connectivity index (χ4n) is 13.0. The maximum atomic E-state index is 5.37. The van der Waals surface area contributed by atoms with E-state index in [2.05, 4.69) is 282 Å². The lowest BCUT2D eigenvalue weighted by molar-refractivity contribution is 1.04. The van der Waals surface area contributed by atoms with Gasteiger partial charge in [-0.15, -0.1) is 0 Å². The van der Waals surface area contributed by atoms with E-state index in [9.17, 15) is 0 Å². The molecule has 0 unspecified atom stereocenters. The zero-order valence-electron chi connectivity index (χ0n) is 47.5. The van der Waals surface area contributed by atoms with Crippen molar-refractivity contribution in [2.24, 2.45) is 0 Å². The smallest absolute Gasteiger partial charge is 0.164 e. The van der Waals surface area contributed by atoms with Gasteiger partial charge in [-0.25, -0.2) is 15.0 Å². The van der Waals surface area contributed by atoms with Gasteiger partial charge in [0.15, 0.2) is 17.5 Å². The molecule has 0 atom stereocenters. The molecule has 4 heterocycles. The number of hydrogen-bond acceptors (Lipinski definition) is 3. The van der Waals surface area contributed by atoms with Crippen molar-refractivity contribution >= 4 is 71.0 Å². The van der Waals surface area contributed by atoms with Gasteiger partial charge in [0.2, 0.25) is 0 Å². The van der Waals surface area contributed by atoms with E-state index in [4.69, 9.17) is 15.0 Å². The molecule has 6 heteroatoms. The Hall–Kier alpha value is -11.7. The minimum absolute atomic E-state index is 0.499. The highest BCUT2D eigenvalue weighted by Gasteiger charge is 2.26. The number of hydrogen-bond donors (Lipinski definition) is 0. The minimum Gasteiger partial charge on any atom is -0.309 e. The Morgan fingerprint density at radius 2 is 0.667 bits per heavy atom. The number of rotatable bonds is 12. The average Bonchev–Trinajstić information content (AvgIpc) is 1.81. The molecule has 87 heavy (non-hydrogen) atoms. The summed E-state index contributed by atoms with van der Waals surface area (Å²) in [6, 6.07) is 103. The van der Waals surface area contributed by atoms with E-state index in [1.165, 1.54) is 21.5 Å². The Morgan fingerprint density at radius 1 is 0.287 bits per heavy atom. The van der Waals surface area contributed by atoms with Crippen molar-refractivity contribution in [1.82, 2.24) is 28.7 Å². The van der Waals surface area contributed by atoms with Crippen molar-refractivity contribution in [3.05, 3.63) is 322 Å². The van der Waals surface area contributed by atoms with Crippen molar-refractivity contribution < 1.29 is 0 Å². The SMILES string of the molecule is C=C/C=C(\C=C)c1nc(-c2ccccc2)nc(-c2cc(-c3ccc(-c4ccccc4)cc3)c(-n3c4ccc(-n5c6ccccc6c6ccccc65)cc4c4ccc(-n5c6ccccc6c6ccccc65)cc43)c(-c3ccc(-c4ccccc4)cc3)c2)n1. The zero-order valence-corrected chi connectivity index (χ0v) is 47.5. The average molecular weight is 1110 g/mol. The van der Waals surface area contributed by atoms with Crippen LogP contribution in [-0.4, -0.2) is 28.7 Å². The first-order valence-electron chi connectivity index (χ1n) is 29.4. The second-order valence-electron chi connectivity index (χ2n) is 22.0. The number of benzene rings is 12. The van der Waals surface area contributed by atoms with Crippen LogP contribution in [0.25, 0.3) is 155 Å². The van der Waals surface area contributed by atoms with E-state index >= 15 is 0 Å².